The van der Waals surface area contributed by atoms with Crippen molar-refractivity contribution in [3.05, 3.63) is 34.0 Å². The highest BCUT2D eigenvalue weighted by atomic mass is 79.9. The first-order valence-electron chi connectivity index (χ1n) is 4.01. The molecule has 0 amide bonds. The quantitative estimate of drug-likeness (QED) is 0.851. The Bertz CT molecular complexity index is 513. The molecule has 0 bridgehead atoms. The van der Waals surface area contributed by atoms with Crippen LogP contribution in [0.25, 0.3) is 11.0 Å². The summed E-state index contributed by atoms with van der Waals surface area (Å²) in [5.74, 6) is -0.180. The number of benzene rings is 1. The van der Waals surface area contributed by atoms with E-state index in [1.165, 1.54) is 6.07 Å². The summed E-state index contributed by atoms with van der Waals surface area (Å²) in [5.41, 5.74) is 0.957. The molecule has 0 unspecified atom stereocenters. The van der Waals surface area contributed by atoms with Crippen molar-refractivity contribution in [1.82, 2.24) is 0 Å². The summed E-state index contributed by atoms with van der Waals surface area (Å²) < 4.78 is 6.21. The molecule has 0 aliphatic rings. The summed E-state index contributed by atoms with van der Waals surface area (Å²) in [6.07, 6.45) is 0. The average Bonchev–Trinajstić information content (AvgIpc) is 2.43. The minimum atomic E-state index is -0.933. The Morgan fingerprint density at radius 2 is 2.21 bits per heavy atom. The fourth-order valence-electron chi connectivity index (χ4n) is 1.32. The van der Waals surface area contributed by atoms with Crippen LogP contribution in [0.3, 0.4) is 0 Å². The standard InChI is InChI=1S/C10H7BrO3/c1-5-9(11)7-4-6(10(12)13)2-3-8(7)14-5/h2-4H,1H3,(H,12,13). The maximum atomic E-state index is 10.7. The molecule has 1 heterocycles. The van der Waals surface area contributed by atoms with Crippen molar-refractivity contribution in [1.29, 1.82) is 0 Å². The first-order chi connectivity index (χ1) is 6.59. The molecule has 0 fully saturated rings. The zero-order valence-corrected chi connectivity index (χ0v) is 8.96. The zero-order chi connectivity index (χ0) is 10.3. The second-order valence-corrected chi connectivity index (χ2v) is 3.78. The van der Waals surface area contributed by atoms with Gasteiger partial charge in [0.2, 0.25) is 0 Å². The molecule has 0 spiro atoms. The lowest BCUT2D eigenvalue weighted by atomic mass is 10.1. The van der Waals surface area contributed by atoms with Crippen molar-refractivity contribution in [2.24, 2.45) is 0 Å². The van der Waals surface area contributed by atoms with Crippen molar-refractivity contribution in [2.45, 2.75) is 6.92 Å². The lowest BCUT2D eigenvalue weighted by molar-refractivity contribution is 0.0697. The zero-order valence-electron chi connectivity index (χ0n) is 7.37. The fraction of sp³-hybridized carbons (Fsp3) is 0.100. The number of aromatic carboxylic acids is 1. The molecule has 2 rings (SSSR count). The summed E-state index contributed by atoms with van der Waals surface area (Å²) in [6, 6.07) is 4.79. The summed E-state index contributed by atoms with van der Waals surface area (Å²) in [7, 11) is 0. The molecule has 0 saturated heterocycles. The number of carbonyl (C=O) groups is 1. The van der Waals surface area contributed by atoms with E-state index in [-0.39, 0.29) is 5.56 Å². The maximum absolute atomic E-state index is 10.7. The van der Waals surface area contributed by atoms with Gasteiger partial charge in [-0.3, -0.25) is 0 Å². The van der Waals surface area contributed by atoms with Crippen LogP contribution in [0.5, 0.6) is 0 Å². The molecule has 1 N–H and O–H groups in total. The molecule has 0 aliphatic carbocycles. The van der Waals surface area contributed by atoms with Gasteiger partial charge in [0.25, 0.3) is 0 Å². The molecule has 3 nitrogen and oxygen atoms in total. The smallest absolute Gasteiger partial charge is 0.335 e. The lowest BCUT2D eigenvalue weighted by Gasteiger charge is -1.93. The van der Waals surface area contributed by atoms with Crippen LogP contribution in [0.2, 0.25) is 0 Å². The third-order valence-electron chi connectivity index (χ3n) is 2.04. The van der Waals surface area contributed by atoms with Gasteiger partial charge in [-0.1, -0.05) is 0 Å². The van der Waals surface area contributed by atoms with Crippen LogP contribution in [0.4, 0.5) is 0 Å². The first kappa shape index (κ1) is 9.27. The van der Waals surface area contributed by atoms with E-state index in [4.69, 9.17) is 9.52 Å². The van der Waals surface area contributed by atoms with E-state index >= 15 is 0 Å². The molecule has 2 aromatic rings. The molecule has 72 valence electrons. The van der Waals surface area contributed by atoms with Crippen molar-refractivity contribution in [3.63, 3.8) is 0 Å². The van der Waals surface area contributed by atoms with Crippen LogP contribution in [-0.2, 0) is 0 Å². The Morgan fingerprint density at radius 3 is 2.86 bits per heavy atom. The van der Waals surface area contributed by atoms with E-state index in [1.807, 2.05) is 6.92 Å². The molecule has 4 heteroatoms. The van der Waals surface area contributed by atoms with Crippen molar-refractivity contribution in [3.8, 4) is 0 Å². The number of carboxylic acid groups (broad SMARTS) is 1. The molecular formula is C10H7BrO3. The number of hydrogen-bond acceptors (Lipinski definition) is 2. The molecule has 0 atom stereocenters. The third-order valence-corrected chi connectivity index (χ3v) is 3.02. The second kappa shape index (κ2) is 3.13. The van der Waals surface area contributed by atoms with E-state index in [0.29, 0.717) is 5.58 Å². The highest BCUT2D eigenvalue weighted by Crippen LogP contribution is 2.30. The summed E-state index contributed by atoms with van der Waals surface area (Å²) >= 11 is 3.35. The van der Waals surface area contributed by atoms with E-state index < -0.39 is 5.97 Å². The van der Waals surface area contributed by atoms with Crippen molar-refractivity contribution < 1.29 is 14.3 Å². The van der Waals surface area contributed by atoms with Gasteiger partial charge in [0.1, 0.15) is 11.3 Å². The third kappa shape index (κ3) is 1.32. The van der Waals surface area contributed by atoms with E-state index in [2.05, 4.69) is 15.9 Å². The van der Waals surface area contributed by atoms with Gasteiger partial charge in [-0.25, -0.2) is 4.79 Å². The summed E-state index contributed by atoms with van der Waals surface area (Å²) in [6.45, 7) is 1.82. The normalized spacial score (nSPS) is 10.7. The Morgan fingerprint density at radius 1 is 1.50 bits per heavy atom. The Kier molecular flexibility index (Phi) is 2.07. The number of carboxylic acids is 1. The number of halogens is 1. The number of aryl methyl sites for hydroxylation is 1. The minimum absolute atomic E-state index is 0.263. The van der Waals surface area contributed by atoms with Gasteiger partial charge >= 0.3 is 5.97 Å². The van der Waals surface area contributed by atoms with Gasteiger partial charge in [-0.2, -0.15) is 0 Å². The number of fused-ring (bicyclic) bond motifs is 1. The van der Waals surface area contributed by atoms with Crippen molar-refractivity contribution in [2.75, 3.05) is 0 Å². The predicted octanol–water partition coefficient (Wildman–Crippen LogP) is 3.20. The van der Waals surface area contributed by atoms with E-state index in [0.717, 1.165) is 15.6 Å². The van der Waals surface area contributed by atoms with Gasteiger partial charge in [0.05, 0.1) is 10.0 Å². The lowest BCUT2D eigenvalue weighted by Crippen LogP contribution is -1.94. The van der Waals surface area contributed by atoms with Crippen LogP contribution in [0, 0.1) is 6.92 Å². The number of furan rings is 1. The minimum Gasteiger partial charge on any atom is -0.478 e. The Labute approximate surface area is 88.5 Å². The SMILES string of the molecule is Cc1oc2ccc(C(=O)O)cc2c1Br. The molecule has 0 aliphatic heterocycles. The Hall–Kier alpha value is -1.29. The number of hydrogen-bond donors (Lipinski definition) is 1. The fourth-order valence-corrected chi connectivity index (χ4v) is 1.71. The van der Waals surface area contributed by atoms with E-state index in [9.17, 15) is 4.79 Å². The second-order valence-electron chi connectivity index (χ2n) is 2.99. The summed E-state index contributed by atoms with van der Waals surface area (Å²) in [5, 5.41) is 9.59. The first-order valence-corrected chi connectivity index (χ1v) is 4.81. The highest BCUT2D eigenvalue weighted by Gasteiger charge is 2.10. The van der Waals surface area contributed by atoms with Gasteiger partial charge in [0, 0.05) is 5.39 Å². The van der Waals surface area contributed by atoms with Crippen LogP contribution >= 0.6 is 15.9 Å². The van der Waals surface area contributed by atoms with E-state index in [1.54, 1.807) is 12.1 Å². The molecule has 1 aromatic heterocycles. The number of rotatable bonds is 1. The van der Waals surface area contributed by atoms with Gasteiger partial charge in [-0.05, 0) is 41.1 Å². The van der Waals surface area contributed by atoms with Crippen molar-refractivity contribution >= 4 is 32.9 Å². The van der Waals surface area contributed by atoms with Crippen LogP contribution in [-0.4, -0.2) is 11.1 Å². The summed E-state index contributed by atoms with van der Waals surface area (Å²) in [4.78, 5) is 10.7. The van der Waals surface area contributed by atoms with Crippen LogP contribution in [0.1, 0.15) is 16.1 Å². The average molecular weight is 255 g/mol. The Balaban J connectivity index is 2.76. The van der Waals surface area contributed by atoms with Gasteiger partial charge in [-0.15, -0.1) is 0 Å². The molecule has 0 saturated carbocycles. The maximum Gasteiger partial charge on any atom is 0.335 e. The molecule has 1 aromatic carbocycles. The monoisotopic (exact) mass is 254 g/mol. The predicted molar refractivity (Wildman–Crippen MR) is 55.6 cm³/mol. The largest absolute Gasteiger partial charge is 0.478 e. The van der Waals surface area contributed by atoms with Gasteiger partial charge < -0.3 is 9.52 Å². The van der Waals surface area contributed by atoms with Crippen LogP contribution in [0.15, 0.2) is 27.1 Å². The topological polar surface area (TPSA) is 50.4 Å². The molecular weight excluding hydrogens is 248 g/mol. The molecule has 14 heavy (non-hydrogen) atoms. The van der Waals surface area contributed by atoms with Gasteiger partial charge in [0.15, 0.2) is 0 Å². The van der Waals surface area contributed by atoms with Crippen LogP contribution < -0.4 is 0 Å². The highest BCUT2D eigenvalue weighted by molar-refractivity contribution is 9.10. The molecule has 0 radical (unpaired) electrons.